The van der Waals surface area contributed by atoms with Crippen LogP contribution in [0.5, 0.6) is 0 Å². The van der Waals surface area contributed by atoms with Crippen LogP contribution in [0.4, 0.5) is 4.48 Å². The van der Waals surface area contributed by atoms with E-state index >= 15 is 0 Å². The van der Waals surface area contributed by atoms with Crippen LogP contribution in [-0.2, 0) is 0 Å². The van der Waals surface area contributed by atoms with Crippen LogP contribution in [0, 0.1) is 0 Å². The summed E-state index contributed by atoms with van der Waals surface area (Å²) in [5.41, 5.74) is 0. The van der Waals surface area contributed by atoms with Gasteiger partial charge >= 0.3 is 0 Å². The minimum atomic E-state index is -0.0208. The van der Waals surface area contributed by atoms with Crippen LogP contribution in [0.1, 0.15) is 0 Å². The number of aromatic nitrogens is 4. The second-order valence-corrected chi connectivity index (χ2v) is 1.52. The van der Waals surface area contributed by atoms with E-state index < -0.39 is 0 Å². The minimum absolute atomic E-state index is 0.0208. The summed E-state index contributed by atoms with van der Waals surface area (Å²) >= 11 is 2.72. The normalized spacial score (nSPS) is 9.43. The summed E-state index contributed by atoms with van der Waals surface area (Å²) in [5.74, 6) is 0. The van der Waals surface area contributed by atoms with E-state index in [1.54, 1.807) is 0 Å². The first-order valence-corrected chi connectivity index (χ1v) is 2.20. The predicted molar refractivity (Wildman–Crippen MR) is 22.0 cm³/mol. The molecule has 0 radical (unpaired) electrons. The van der Waals surface area contributed by atoms with Gasteiger partial charge in [-0.1, -0.05) is 9.58 Å². The molecule has 1 heterocycles. The van der Waals surface area contributed by atoms with E-state index in [-0.39, 0.29) is 9.64 Å². The van der Waals surface area contributed by atoms with Gasteiger partial charge in [-0.25, -0.2) is 0 Å². The van der Waals surface area contributed by atoms with Crippen molar-refractivity contribution in [2.45, 2.75) is 0 Å². The Kier molecular flexibility index (Phi) is 1.01. The topological polar surface area (TPSA) is 43.6 Å². The zero-order valence-corrected chi connectivity index (χ0v) is 4.63. The van der Waals surface area contributed by atoms with Crippen molar-refractivity contribution in [2.75, 3.05) is 0 Å². The average Bonchev–Trinajstić information content (AvgIpc) is 1.91. The SMILES string of the molecule is Fn1nnnc1Br. The van der Waals surface area contributed by atoms with Crippen molar-refractivity contribution < 1.29 is 4.48 Å². The molecule has 4 nitrogen and oxygen atoms in total. The molecule has 0 amide bonds. The lowest BCUT2D eigenvalue weighted by Gasteiger charge is -1.72. The average molecular weight is 167 g/mol. The van der Waals surface area contributed by atoms with Crippen molar-refractivity contribution >= 4 is 15.9 Å². The molecular weight excluding hydrogens is 167 g/mol. The van der Waals surface area contributed by atoms with Gasteiger partial charge in [-0.3, -0.25) is 0 Å². The third kappa shape index (κ3) is 0.738. The highest BCUT2D eigenvalue weighted by Crippen LogP contribution is 1.98. The molecule has 0 saturated heterocycles. The molecule has 0 aliphatic rings. The monoisotopic (exact) mass is 166 g/mol. The van der Waals surface area contributed by atoms with Crippen molar-refractivity contribution in [1.29, 1.82) is 0 Å². The van der Waals surface area contributed by atoms with Gasteiger partial charge in [-0.05, 0) is 31.3 Å². The first kappa shape index (κ1) is 4.63. The number of hydrogen-bond donors (Lipinski definition) is 0. The third-order valence-corrected chi connectivity index (χ3v) is 0.849. The largest absolute Gasteiger partial charge is 0.251 e. The van der Waals surface area contributed by atoms with E-state index in [4.69, 9.17) is 0 Å². The molecule has 1 aromatic rings. The number of nitrogens with zero attached hydrogens (tertiary/aromatic N) is 4. The molecule has 0 bridgehead atoms. The molecule has 38 valence electrons. The van der Waals surface area contributed by atoms with Crippen LogP contribution in [-0.4, -0.2) is 20.4 Å². The summed E-state index contributed by atoms with van der Waals surface area (Å²) in [5, 5.41) is 8.98. The van der Waals surface area contributed by atoms with Crippen molar-refractivity contribution in [3.63, 3.8) is 0 Å². The van der Waals surface area contributed by atoms with E-state index in [9.17, 15) is 4.48 Å². The molecule has 0 unspecified atom stereocenters. The highest BCUT2D eigenvalue weighted by atomic mass is 79.9. The molecule has 0 aromatic carbocycles. The molecule has 0 N–H and O–H groups in total. The van der Waals surface area contributed by atoms with Gasteiger partial charge in [0.1, 0.15) is 0 Å². The molecule has 1 aromatic heterocycles. The molecule has 0 aliphatic carbocycles. The molecule has 0 aliphatic heterocycles. The minimum Gasteiger partial charge on any atom is -0.0981 e. The van der Waals surface area contributed by atoms with Gasteiger partial charge in [-0.2, -0.15) is 0 Å². The van der Waals surface area contributed by atoms with Crippen LogP contribution in [0.3, 0.4) is 0 Å². The maximum Gasteiger partial charge on any atom is 0.251 e. The van der Waals surface area contributed by atoms with Gasteiger partial charge in [0.25, 0.3) is 4.73 Å². The highest BCUT2D eigenvalue weighted by molar-refractivity contribution is 9.10. The number of rotatable bonds is 0. The number of hydrogen-bond acceptors (Lipinski definition) is 3. The first-order valence-electron chi connectivity index (χ1n) is 1.41. The second kappa shape index (κ2) is 1.53. The Morgan fingerprint density at radius 1 is 1.71 bits per heavy atom. The summed E-state index contributed by atoms with van der Waals surface area (Å²) in [4.78, 5) is 0.0278. The number of halogens is 2. The summed E-state index contributed by atoms with van der Waals surface area (Å²) in [7, 11) is 0. The zero-order chi connectivity index (χ0) is 5.28. The van der Waals surface area contributed by atoms with Gasteiger partial charge in [-0.15, -0.1) is 0 Å². The molecule has 1 rings (SSSR count). The maximum absolute atomic E-state index is 11.7. The van der Waals surface area contributed by atoms with E-state index in [1.165, 1.54) is 0 Å². The van der Waals surface area contributed by atoms with Gasteiger partial charge in [0, 0.05) is 0 Å². The van der Waals surface area contributed by atoms with E-state index in [0.717, 1.165) is 0 Å². The van der Waals surface area contributed by atoms with Crippen LogP contribution < -0.4 is 0 Å². The molecular formula is CBrFN4. The quantitative estimate of drug-likeness (QED) is 0.552. The maximum atomic E-state index is 11.7. The predicted octanol–water partition coefficient (Wildman–Crippen LogP) is 0.168. The molecule has 0 fully saturated rings. The third-order valence-electron chi connectivity index (χ3n) is 0.398. The zero-order valence-electron chi connectivity index (χ0n) is 3.04. The Balaban J connectivity index is 3.12. The standard InChI is InChI=1S/CBrFN4/c2-1-4-5-6-7(1)3. The lowest BCUT2D eigenvalue weighted by atomic mass is 11.4. The van der Waals surface area contributed by atoms with Crippen molar-refractivity contribution in [3.05, 3.63) is 4.73 Å². The van der Waals surface area contributed by atoms with Crippen LogP contribution >= 0.6 is 15.9 Å². The fourth-order valence-corrected chi connectivity index (χ4v) is 0.308. The smallest absolute Gasteiger partial charge is 0.0981 e. The molecule has 7 heavy (non-hydrogen) atoms. The Bertz CT molecular complexity index is 144. The van der Waals surface area contributed by atoms with Gasteiger partial charge in [0.05, 0.1) is 0 Å². The lowest BCUT2D eigenvalue weighted by Crippen LogP contribution is -1.82. The van der Waals surface area contributed by atoms with E-state index in [0.29, 0.717) is 0 Å². The van der Waals surface area contributed by atoms with Gasteiger partial charge in [0.15, 0.2) is 0 Å². The van der Waals surface area contributed by atoms with Crippen LogP contribution in [0.15, 0.2) is 4.73 Å². The van der Waals surface area contributed by atoms with Crippen molar-refractivity contribution in [2.24, 2.45) is 0 Å². The molecule has 0 saturated carbocycles. The summed E-state index contributed by atoms with van der Waals surface area (Å²) < 4.78 is 11.7. The highest BCUT2D eigenvalue weighted by Gasteiger charge is 1.95. The summed E-state index contributed by atoms with van der Waals surface area (Å²) in [6.07, 6.45) is 0. The Hall–Kier alpha value is -0.520. The molecule has 6 heteroatoms. The van der Waals surface area contributed by atoms with Crippen molar-refractivity contribution in [1.82, 2.24) is 20.4 Å². The van der Waals surface area contributed by atoms with Gasteiger partial charge in [0.2, 0.25) is 0 Å². The van der Waals surface area contributed by atoms with Crippen molar-refractivity contribution in [3.8, 4) is 0 Å². The fraction of sp³-hybridized carbons (Fsp3) is 0. The fourth-order valence-electron chi connectivity index (χ4n) is 0.166. The van der Waals surface area contributed by atoms with Crippen LogP contribution in [0.2, 0.25) is 0 Å². The Labute approximate surface area is 46.4 Å². The van der Waals surface area contributed by atoms with Crippen LogP contribution in [0.25, 0.3) is 0 Å². The Morgan fingerprint density at radius 2 is 2.43 bits per heavy atom. The summed E-state index contributed by atoms with van der Waals surface area (Å²) in [6, 6.07) is 0. The molecule has 0 atom stereocenters. The molecule has 0 spiro atoms. The summed E-state index contributed by atoms with van der Waals surface area (Å²) in [6.45, 7) is 0. The Morgan fingerprint density at radius 3 is 2.57 bits per heavy atom. The number of tetrazole rings is 1. The first-order chi connectivity index (χ1) is 3.30. The second-order valence-electron chi connectivity index (χ2n) is 0.808. The lowest BCUT2D eigenvalue weighted by molar-refractivity contribution is 0.298. The van der Waals surface area contributed by atoms with E-state index in [2.05, 4.69) is 31.5 Å². The van der Waals surface area contributed by atoms with E-state index in [1.807, 2.05) is 0 Å². The van der Waals surface area contributed by atoms with Gasteiger partial charge < -0.3 is 0 Å².